The minimum absolute atomic E-state index is 0.829. The molecule has 0 atom stereocenters. The molecular formula is C19H21N2O+. The Morgan fingerprint density at radius 3 is 2.55 bits per heavy atom. The lowest BCUT2D eigenvalue weighted by atomic mass is 10.1. The molecule has 0 aliphatic carbocycles. The van der Waals surface area contributed by atoms with Crippen molar-refractivity contribution >= 4 is 11.0 Å². The van der Waals surface area contributed by atoms with Gasteiger partial charge in [0.2, 0.25) is 0 Å². The first-order chi connectivity index (χ1) is 10.7. The van der Waals surface area contributed by atoms with E-state index in [9.17, 15) is 0 Å². The van der Waals surface area contributed by atoms with Crippen molar-refractivity contribution in [1.82, 2.24) is 4.98 Å². The average Bonchev–Trinajstić information content (AvgIpc) is 2.85. The van der Waals surface area contributed by atoms with Crippen LogP contribution in [0.1, 0.15) is 18.3 Å². The number of fused-ring (bicyclic) bond motifs is 1. The van der Waals surface area contributed by atoms with Crippen molar-refractivity contribution in [3.8, 4) is 5.75 Å². The fourth-order valence-corrected chi connectivity index (χ4v) is 2.71. The highest BCUT2D eigenvalue weighted by molar-refractivity contribution is 5.71. The number of imidazole rings is 1. The zero-order valence-corrected chi connectivity index (χ0v) is 13.1. The Morgan fingerprint density at radius 2 is 1.86 bits per heavy atom. The summed E-state index contributed by atoms with van der Waals surface area (Å²) in [5.74, 6) is 2.07. The summed E-state index contributed by atoms with van der Waals surface area (Å²) in [7, 11) is 1.69. The summed E-state index contributed by atoms with van der Waals surface area (Å²) in [6.07, 6.45) is 0.853. The molecule has 0 spiro atoms. The summed E-state index contributed by atoms with van der Waals surface area (Å²) in [4.78, 5) is 3.54. The smallest absolute Gasteiger partial charge is 0.259 e. The third-order valence-corrected chi connectivity index (χ3v) is 3.76. The van der Waals surface area contributed by atoms with Gasteiger partial charge in [-0.05, 0) is 42.3 Å². The van der Waals surface area contributed by atoms with Crippen molar-refractivity contribution in [1.29, 1.82) is 0 Å². The molecule has 2 aromatic carbocycles. The number of hydrogen-bond acceptors (Lipinski definition) is 1. The first-order valence-electron chi connectivity index (χ1n) is 7.44. The van der Waals surface area contributed by atoms with Crippen LogP contribution in [0.2, 0.25) is 0 Å². The molecular weight excluding hydrogens is 272 g/mol. The van der Waals surface area contributed by atoms with Crippen LogP contribution in [0.15, 0.2) is 60.7 Å². The van der Waals surface area contributed by atoms with Crippen LogP contribution in [0.4, 0.5) is 0 Å². The number of nitrogens with zero attached hydrogens (tertiary/aromatic N) is 1. The Labute approximate surface area is 130 Å². The minimum Gasteiger partial charge on any atom is -0.497 e. The van der Waals surface area contributed by atoms with Gasteiger partial charge >= 0.3 is 0 Å². The maximum absolute atomic E-state index is 5.22. The molecule has 0 saturated heterocycles. The van der Waals surface area contributed by atoms with Crippen LogP contribution in [0, 0.1) is 0 Å². The Morgan fingerprint density at radius 1 is 1.14 bits per heavy atom. The van der Waals surface area contributed by atoms with E-state index in [4.69, 9.17) is 4.74 Å². The number of para-hydroxylation sites is 2. The van der Waals surface area contributed by atoms with Gasteiger partial charge in [-0.25, -0.2) is 9.55 Å². The molecule has 0 aliphatic heterocycles. The summed E-state index contributed by atoms with van der Waals surface area (Å²) in [5.41, 5.74) is 4.77. The summed E-state index contributed by atoms with van der Waals surface area (Å²) < 4.78 is 7.53. The van der Waals surface area contributed by atoms with E-state index in [1.54, 1.807) is 7.11 Å². The van der Waals surface area contributed by atoms with Gasteiger partial charge < -0.3 is 4.74 Å². The van der Waals surface area contributed by atoms with Crippen LogP contribution in [0.25, 0.3) is 11.0 Å². The predicted molar refractivity (Wildman–Crippen MR) is 89.1 cm³/mol. The Balaban J connectivity index is 1.99. The number of aromatic amines is 1. The van der Waals surface area contributed by atoms with E-state index in [2.05, 4.69) is 59.5 Å². The van der Waals surface area contributed by atoms with E-state index in [1.807, 2.05) is 12.1 Å². The van der Waals surface area contributed by atoms with Gasteiger partial charge in [-0.2, -0.15) is 0 Å². The zero-order chi connectivity index (χ0) is 15.5. The lowest BCUT2D eigenvalue weighted by Crippen LogP contribution is -2.37. The monoisotopic (exact) mass is 293 g/mol. The van der Waals surface area contributed by atoms with Gasteiger partial charge in [-0.15, -0.1) is 0 Å². The minimum atomic E-state index is 0.829. The number of allylic oxidation sites excluding steroid dienone is 1. The topological polar surface area (TPSA) is 28.9 Å². The maximum atomic E-state index is 5.22. The number of ether oxygens (including phenoxy) is 1. The highest BCUT2D eigenvalue weighted by atomic mass is 16.5. The van der Waals surface area contributed by atoms with Crippen LogP contribution in [-0.4, -0.2) is 12.1 Å². The second-order valence-corrected chi connectivity index (χ2v) is 5.66. The first kappa shape index (κ1) is 14.4. The van der Waals surface area contributed by atoms with E-state index in [1.165, 1.54) is 16.9 Å². The van der Waals surface area contributed by atoms with Gasteiger partial charge in [0.05, 0.1) is 13.5 Å². The standard InChI is InChI=1S/C19H20N2O/c1-14(2)13-21-18-7-5-4-6-17(18)20-19(21)12-15-8-10-16(22-3)11-9-15/h4-11H,1,12-13H2,2-3H3/p+1. The number of rotatable bonds is 5. The molecule has 1 aromatic heterocycles. The first-order valence-corrected chi connectivity index (χ1v) is 7.44. The van der Waals surface area contributed by atoms with Crippen molar-refractivity contribution in [2.24, 2.45) is 0 Å². The molecule has 3 rings (SSSR count). The van der Waals surface area contributed by atoms with Gasteiger partial charge in [-0.3, -0.25) is 0 Å². The molecule has 1 heterocycles. The van der Waals surface area contributed by atoms with Crippen molar-refractivity contribution in [3.63, 3.8) is 0 Å². The Kier molecular flexibility index (Phi) is 3.96. The summed E-state index contributed by atoms with van der Waals surface area (Å²) in [6.45, 7) is 6.95. The zero-order valence-electron chi connectivity index (χ0n) is 13.1. The molecule has 112 valence electrons. The molecule has 0 unspecified atom stereocenters. The van der Waals surface area contributed by atoms with E-state index in [-0.39, 0.29) is 0 Å². The van der Waals surface area contributed by atoms with Crippen LogP contribution >= 0.6 is 0 Å². The molecule has 22 heavy (non-hydrogen) atoms. The highest BCUT2D eigenvalue weighted by Crippen LogP contribution is 2.16. The van der Waals surface area contributed by atoms with Crippen LogP contribution in [0.3, 0.4) is 0 Å². The van der Waals surface area contributed by atoms with Gasteiger partial charge in [0.1, 0.15) is 12.3 Å². The van der Waals surface area contributed by atoms with E-state index in [0.717, 1.165) is 29.8 Å². The van der Waals surface area contributed by atoms with Gasteiger partial charge in [0.15, 0.2) is 11.0 Å². The van der Waals surface area contributed by atoms with Crippen molar-refractivity contribution in [3.05, 3.63) is 72.1 Å². The maximum Gasteiger partial charge on any atom is 0.259 e. The Hall–Kier alpha value is -2.55. The normalized spacial score (nSPS) is 10.8. The fraction of sp³-hybridized carbons (Fsp3) is 0.211. The highest BCUT2D eigenvalue weighted by Gasteiger charge is 2.18. The van der Waals surface area contributed by atoms with Crippen LogP contribution < -0.4 is 9.30 Å². The quantitative estimate of drug-likeness (QED) is 0.565. The average molecular weight is 293 g/mol. The third-order valence-electron chi connectivity index (χ3n) is 3.76. The molecule has 1 N–H and O–H groups in total. The number of benzene rings is 2. The number of hydrogen-bond donors (Lipinski definition) is 1. The fourth-order valence-electron chi connectivity index (χ4n) is 2.71. The molecule has 0 saturated carbocycles. The van der Waals surface area contributed by atoms with Gasteiger partial charge in [-0.1, -0.05) is 30.8 Å². The number of aromatic nitrogens is 2. The molecule has 0 amide bonds. The molecule has 0 aliphatic rings. The van der Waals surface area contributed by atoms with E-state index < -0.39 is 0 Å². The largest absolute Gasteiger partial charge is 0.497 e. The number of nitrogens with one attached hydrogen (secondary N) is 1. The SMILES string of the molecule is C=C(C)C[n+]1c(Cc2ccc(OC)cc2)[nH]c2ccccc21. The second kappa shape index (κ2) is 6.06. The second-order valence-electron chi connectivity index (χ2n) is 5.66. The third kappa shape index (κ3) is 2.89. The van der Waals surface area contributed by atoms with Crippen molar-refractivity contribution < 1.29 is 9.30 Å². The van der Waals surface area contributed by atoms with Crippen LogP contribution in [-0.2, 0) is 13.0 Å². The number of H-pyrrole nitrogens is 1. The lowest BCUT2D eigenvalue weighted by molar-refractivity contribution is -0.670. The molecule has 3 heteroatoms. The van der Waals surface area contributed by atoms with Crippen molar-refractivity contribution in [2.45, 2.75) is 19.9 Å². The summed E-state index contributed by atoms with van der Waals surface area (Å²) in [5, 5.41) is 0. The summed E-state index contributed by atoms with van der Waals surface area (Å²) >= 11 is 0. The molecule has 3 nitrogen and oxygen atoms in total. The molecule has 0 bridgehead atoms. The summed E-state index contributed by atoms with van der Waals surface area (Å²) in [6, 6.07) is 16.6. The van der Waals surface area contributed by atoms with E-state index >= 15 is 0 Å². The van der Waals surface area contributed by atoms with Crippen LogP contribution in [0.5, 0.6) is 5.75 Å². The van der Waals surface area contributed by atoms with Gasteiger partial charge in [0.25, 0.3) is 5.82 Å². The molecule has 3 aromatic rings. The van der Waals surface area contributed by atoms with Gasteiger partial charge in [0, 0.05) is 0 Å². The molecule has 0 fully saturated rings. The predicted octanol–water partition coefficient (Wildman–Crippen LogP) is 3.63. The molecule has 0 radical (unpaired) electrons. The lowest BCUT2D eigenvalue weighted by Gasteiger charge is -2.03. The Bertz CT molecular complexity index is 800. The van der Waals surface area contributed by atoms with E-state index in [0.29, 0.717) is 0 Å². The van der Waals surface area contributed by atoms with Crippen molar-refractivity contribution in [2.75, 3.05) is 7.11 Å². The number of methoxy groups -OCH3 is 1.